The fourth-order valence-corrected chi connectivity index (χ4v) is 2.15. The molecule has 0 fully saturated rings. The molecule has 0 aliphatic heterocycles. The highest BCUT2D eigenvalue weighted by atomic mass is 79.9. The van der Waals surface area contributed by atoms with E-state index in [2.05, 4.69) is 26.2 Å². The van der Waals surface area contributed by atoms with E-state index in [4.69, 9.17) is 0 Å². The van der Waals surface area contributed by atoms with E-state index >= 15 is 0 Å². The van der Waals surface area contributed by atoms with Crippen molar-refractivity contribution in [1.82, 2.24) is 4.98 Å². The summed E-state index contributed by atoms with van der Waals surface area (Å²) in [5, 5.41) is 12.4. The Balaban J connectivity index is 2.39. The molecule has 0 saturated heterocycles. The molecule has 2 N–H and O–H groups in total. The average Bonchev–Trinajstić information content (AvgIpc) is 2.39. The van der Waals surface area contributed by atoms with Gasteiger partial charge >= 0.3 is 5.97 Å². The van der Waals surface area contributed by atoms with E-state index in [-0.39, 0.29) is 5.69 Å². The highest BCUT2D eigenvalue weighted by Crippen LogP contribution is 2.26. The maximum absolute atomic E-state index is 12.9. The number of carboxylic acid groups (broad SMARTS) is 1. The summed E-state index contributed by atoms with van der Waals surface area (Å²) in [5.74, 6) is -1.61. The zero-order valence-electron chi connectivity index (χ0n) is 10.6. The van der Waals surface area contributed by atoms with Crippen LogP contribution in [0.25, 0.3) is 0 Å². The molecule has 1 heterocycles. The Hall–Kier alpha value is -1.95. The second-order valence-electron chi connectivity index (χ2n) is 4.43. The van der Waals surface area contributed by atoms with Crippen LogP contribution in [-0.2, 0) is 10.3 Å². The van der Waals surface area contributed by atoms with Gasteiger partial charge in [-0.05, 0) is 37.3 Å². The van der Waals surface area contributed by atoms with Crippen LogP contribution >= 0.6 is 15.9 Å². The van der Waals surface area contributed by atoms with Gasteiger partial charge in [0.2, 0.25) is 0 Å². The Kier molecular flexibility index (Phi) is 4.04. The smallest absolute Gasteiger partial charge is 0.335 e. The molecule has 1 aromatic heterocycles. The van der Waals surface area contributed by atoms with Gasteiger partial charge < -0.3 is 10.4 Å². The maximum Gasteiger partial charge on any atom is 0.335 e. The Morgan fingerprint density at radius 1 is 1.40 bits per heavy atom. The molecule has 1 unspecified atom stereocenters. The van der Waals surface area contributed by atoms with E-state index in [1.165, 1.54) is 19.1 Å². The van der Waals surface area contributed by atoms with Crippen molar-refractivity contribution in [3.63, 3.8) is 0 Å². The number of hydrogen-bond donors (Lipinski definition) is 2. The van der Waals surface area contributed by atoms with Gasteiger partial charge in [0.1, 0.15) is 5.82 Å². The highest BCUT2D eigenvalue weighted by Gasteiger charge is 2.36. The second kappa shape index (κ2) is 5.58. The number of anilines is 1. The predicted molar refractivity (Wildman–Crippen MR) is 76.9 cm³/mol. The monoisotopic (exact) mass is 338 g/mol. The molecular formula is C14H12BrFN2O2. The van der Waals surface area contributed by atoms with E-state index in [0.717, 1.165) is 10.7 Å². The topological polar surface area (TPSA) is 62.2 Å². The van der Waals surface area contributed by atoms with Gasteiger partial charge in [-0.1, -0.05) is 22.0 Å². The van der Waals surface area contributed by atoms with Gasteiger partial charge in [-0.15, -0.1) is 0 Å². The summed E-state index contributed by atoms with van der Waals surface area (Å²) < 4.78 is 13.7. The third-order valence-corrected chi connectivity index (χ3v) is 3.38. The quantitative estimate of drug-likeness (QED) is 0.896. The van der Waals surface area contributed by atoms with E-state index in [1.807, 2.05) is 6.07 Å². The van der Waals surface area contributed by atoms with Gasteiger partial charge in [-0.25, -0.2) is 9.18 Å². The highest BCUT2D eigenvalue weighted by molar-refractivity contribution is 9.10. The van der Waals surface area contributed by atoms with Crippen molar-refractivity contribution in [2.45, 2.75) is 12.5 Å². The second-order valence-corrected chi connectivity index (χ2v) is 5.34. The number of carbonyl (C=O) groups is 1. The number of nitrogens with zero attached hydrogens (tertiary/aromatic N) is 1. The van der Waals surface area contributed by atoms with Crippen LogP contribution < -0.4 is 5.32 Å². The predicted octanol–water partition coefficient (Wildman–Crippen LogP) is 3.40. The van der Waals surface area contributed by atoms with Crippen molar-refractivity contribution >= 4 is 27.6 Å². The lowest BCUT2D eigenvalue weighted by Gasteiger charge is -2.27. The van der Waals surface area contributed by atoms with Gasteiger partial charge in [0, 0.05) is 10.2 Å². The van der Waals surface area contributed by atoms with Crippen molar-refractivity contribution in [3.8, 4) is 0 Å². The van der Waals surface area contributed by atoms with Gasteiger partial charge in [-0.3, -0.25) is 4.98 Å². The number of hydrogen-bond acceptors (Lipinski definition) is 3. The Morgan fingerprint density at radius 2 is 2.15 bits per heavy atom. The van der Waals surface area contributed by atoms with Gasteiger partial charge in [0.05, 0.1) is 11.9 Å². The molecule has 2 rings (SSSR count). The number of aromatic nitrogens is 1. The van der Waals surface area contributed by atoms with E-state index in [0.29, 0.717) is 5.69 Å². The summed E-state index contributed by atoms with van der Waals surface area (Å²) in [7, 11) is 0. The molecular weight excluding hydrogens is 327 g/mol. The Bertz CT molecular complexity index is 633. The van der Waals surface area contributed by atoms with Crippen LogP contribution in [0.5, 0.6) is 0 Å². The number of rotatable bonds is 4. The number of halogens is 2. The van der Waals surface area contributed by atoms with Crippen molar-refractivity contribution in [3.05, 3.63) is 58.6 Å². The standard InChI is InChI=1S/C14H12BrFN2O2/c1-14(13(19)20,12-6-5-10(16)8-17-12)18-11-4-2-3-9(15)7-11/h2-8,18H,1H3,(H,19,20). The zero-order chi connectivity index (χ0) is 14.8. The minimum atomic E-state index is -1.45. The minimum Gasteiger partial charge on any atom is -0.479 e. The van der Waals surface area contributed by atoms with Crippen LogP contribution in [0, 0.1) is 5.82 Å². The summed E-state index contributed by atoms with van der Waals surface area (Å²) in [6.45, 7) is 1.48. The summed E-state index contributed by atoms with van der Waals surface area (Å²) in [4.78, 5) is 15.4. The first-order chi connectivity index (χ1) is 9.41. The summed E-state index contributed by atoms with van der Waals surface area (Å²) >= 11 is 3.32. The van der Waals surface area contributed by atoms with Crippen molar-refractivity contribution in [2.24, 2.45) is 0 Å². The molecule has 104 valence electrons. The number of benzene rings is 1. The van der Waals surface area contributed by atoms with Crippen LogP contribution in [0.3, 0.4) is 0 Å². The molecule has 2 aromatic rings. The lowest BCUT2D eigenvalue weighted by Crippen LogP contribution is -2.41. The lowest BCUT2D eigenvalue weighted by molar-refractivity contribution is -0.142. The van der Waals surface area contributed by atoms with Crippen molar-refractivity contribution < 1.29 is 14.3 Å². The third kappa shape index (κ3) is 2.96. The Morgan fingerprint density at radius 3 is 2.70 bits per heavy atom. The lowest BCUT2D eigenvalue weighted by atomic mass is 9.96. The molecule has 0 saturated carbocycles. The molecule has 0 spiro atoms. The first kappa shape index (κ1) is 14.5. The average molecular weight is 339 g/mol. The number of aliphatic carboxylic acids is 1. The molecule has 1 atom stereocenters. The Labute approximate surface area is 123 Å². The molecule has 0 radical (unpaired) electrons. The number of pyridine rings is 1. The van der Waals surface area contributed by atoms with Crippen LogP contribution in [0.1, 0.15) is 12.6 Å². The van der Waals surface area contributed by atoms with Crippen LogP contribution in [0.4, 0.5) is 10.1 Å². The number of carboxylic acids is 1. The van der Waals surface area contributed by atoms with Crippen LogP contribution in [0.2, 0.25) is 0 Å². The SMILES string of the molecule is CC(Nc1cccc(Br)c1)(C(=O)O)c1ccc(F)cn1. The third-order valence-electron chi connectivity index (χ3n) is 2.89. The van der Waals surface area contributed by atoms with Crippen LogP contribution in [0.15, 0.2) is 47.1 Å². The fourth-order valence-electron chi connectivity index (χ4n) is 1.75. The summed E-state index contributed by atoms with van der Waals surface area (Å²) in [6.07, 6.45) is 0.999. The zero-order valence-corrected chi connectivity index (χ0v) is 12.2. The molecule has 0 aliphatic rings. The molecule has 1 aromatic carbocycles. The molecule has 0 amide bonds. The van der Waals surface area contributed by atoms with Gasteiger partial charge in [-0.2, -0.15) is 0 Å². The van der Waals surface area contributed by atoms with Gasteiger partial charge in [0.15, 0.2) is 5.54 Å². The maximum atomic E-state index is 12.9. The van der Waals surface area contributed by atoms with E-state index < -0.39 is 17.3 Å². The van der Waals surface area contributed by atoms with Crippen molar-refractivity contribution in [1.29, 1.82) is 0 Å². The molecule has 4 nitrogen and oxygen atoms in total. The fraction of sp³-hybridized carbons (Fsp3) is 0.143. The van der Waals surface area contributed by atoms with Crippen LogP contribution in [-0.4, -0.2) is 16.1 Å². The summed E-state index contributed by atoms with van der Waals surface area (Å²) in [6, 6.07) is 9.66. The molecule has 0 aliphatic carbocycles. The van der Waals surface area contributed by atoms with Crippen molar-refractivity contribution in [2.75, 3.05) is 5.32 Å². The summed E-state index contributed by atoms with van der Waals surface area (Å²) in [5.41, 5.74) is -0.601. The molecule has 6 heteroatoms. The minimum absolute atomic E-state index is 0.228. The van der Waals surface area contributed by atoms with Gasteiger partial charge in [0.25, 0.3) is 0 Å². The first-order valence-corrected chi connectivity index (χ1v) is 6.60. The first-order valence-electron chi connectivity index (χ1n) is 5.81. The number of nitrogens with one attached hydrogen (secondary N) is 1. The van der Waals surface area contributed by atoms with E-state index in [1.54, 1.807) is 18.2 Å². The largest absolute Gasteiger partial charge is 0.479 e. The molecule has 20 heavy (non-hydrogen) atoms. The van der Waals surface area contributed by atoms with E-state index in [9.17, 15) is 14.3 Å². The normalized spacial score (nSPS) is 13.6. The molecule has 0 bridgehead atoms.